The van der Waals surface area contributed by atoms with Crippen LogP contribution in [0, 0.1) is 6.92 Å². The first-order valence-electron chi connectivity index (χ1n) is 6.57. The second-order valence-electron chi connectivity index (χ2n) is 4.82. The van der Waals surface area contributed by atoms with E-state index < -0.39 is 0 Å². The van der Waals surface area contributed by atoms with Crippen LogP contribution >= 0.6 is 0 Å². The summed E-state index contributed by atoms with van der Waals surface area (Å²) in [6.45, 7) is 2.93. The van der Waals surface area contributed by atoms with Gasteiger partial charge in [0.05, 0.1) is 17.9 Å². The van der Waals surface area contributed by atoms with Crippen LogP contribution in [-0.4, -0.2) is 19.1 Å². The molecule has 20 heavy (non-hydrogen) atoms. The summed E-state index contributed by atoms with van der Waals surface area (Å²) in [5, 5.41) is 0. The highest BCUT2D eigenvalue weighted by atomic mass is 16.5. The first-order chi connectivity index (χ1) is 9.68. The molecule has 0 bridgehead atoms. The normalized spacial score (nSPS) is 13.6. The summed E-state index contributed by atoms with van der Waals surface area (Å²) in [5.74, 6) is 0.582. The summed E-state index contributed by atoms with van der Waals surface area (Å²) in [5.41, 5.74) is 8.89. The molecule has 0 atom stereocenters. The van der Waals surface area contributed by atoms with Crippen molar-refractivity contribution in [2.24, 2.45) is 0 Å². The molecular weight excluding hydrogens is 252 g/mol. The Kier molecular flexibility index (Phi) is 3.06. The highest BCUT2D eigenvalue weighted by molar-refractivity contribution is 6.08. The molecule has 4 heteroatoms. The number of nitrogens with two attached hydrogens (primary N) is 1. The average molecular weight is 268 g/mol. The van der Waals surface area contributed by atoms with Gasteiger partial charge in [0.25, 0.3) is 5.91 Å². The van der Waals surface area contributed by atoms with E-state index in [2.05, 4.69) is 0 Å². The van der Waals surface area contributed by atoms with Gasteiger partial charge in [-0.3, -0.25) is 4.79 Å². The first-order valence-corrected chi connectivity index (χ1v) is 6.57. The Hall–Kier alpha value is -2.49. The number of anilines is 2. The van der Waals surface area contributed by atoms with Crippen molar-refractivity contribution < 1.29 is 9.53 Å². The van der Waals surface area contributed by atoms with Crippen LogP contribution < -0.4 is 15.4 Å². The fourth-order valence-corrected chi connectivity index (χ4v) is 2.44. The maximum Gasteiger partial charge on any atom is 0.258 e. The molecule has 0 saturated carbocycles. The van der Waals surface area contributed by atoms with Crippen LogP contribution in [-0.2, 0) is 0 Å². The van der Waals surface area contributed by atoms with Crippen LogP contribution in [0.5, 0.6) is 5.75 Å². The summed E-state index contributed by atoms with van der Waals surface area (Å²) in [4.78, 5) is 14.5. The number of aryl methyl sites for hydroxylation is 1. The zero-order chi connectivity index (χ0) is 14.1. The van der Waals surface area contributed by atoms with E-state index in [9.17, 15) is 4.79 Å². The number of fused-ring (bicyclic) bond motifs is 1. The van der Waals surface area contributed by atoms with E-state index in [4.69, 9.17) is 10.5 Å². The zero-order valence-corrected chi connectivity index (χ0v) is 11.3. The molecule has 0 saturated heterocycles. The number of amides is 1. The van der Waals surface area contributed by atoms with Crippen LogP contribution in [0.2, 0.25) is 0 Å². The molecule has 3 rings (SSSR count). The second kappa shape index (κ2) is 4.89. The fourth-order valence-electron chi connectivity index (χ4n) is 2.44. The Morgan fingerprint density at radius 3 is 2.80 bits per heavy atom. The van der Waals surface area contributed by atoms with Gasteiger partial charge in [-0.2, -0.15) is 0 Å². The third-order valence-corrected chi connectivity index (χ3v) is 3.50. The minimum atomic E-state index is -0.0155. The number of ether oxygens (including phenoxy) is 1. The molecule has 2 aromatic carbocycles. The Morgan fingerprint density at radius 1 is 1.20 bits per heavy atom. The lowest BCUT2D eigenvalue weighted by Gasteiger charge is -2.30. The first kappa shape index (κ1) is 12.5. The van der Waals surface area contributed by atoms with Crippen molar-refractivity contribution in [2.45, 2.75) is 6.92 Å². The van der Waals surface area contributed by atoms with Gasteiger partial charge in [-0.05, 0) is 30.7 Å². The van der Waals surface area contributed by atoms with E-state index in [1.165, 1.54) is 0 Å². The van der Waals surface area contributed by atoms with Crippen molar-refractivity contribution in [1.29, 1.82) is 0 Å². The Labute approximate surface area is 117 Å². The van der Waals surface area contributed by atoms with Crippen LogP contribution in [0.15, 0.2) is 42.5 Å². The number of carbonyl (C=O) groups is 1. The number of rotatable bonds is 1. The number of para-hydroxylation sites is 1. The Bertz CT molecular complexity index is 667. The summed E-state index contributed by atoms with van der Waals surface area (Å²) in [6.07, 6.45) is 0. The number of nitrogens with zero attached hydrogens (tertiary/aromatic N) is 1. The molecule has 1 amide bonds. The summed E-state index contributed by atoms with van der Waals surface area (Å²) in [7, 11) is 0. The predicted octanol–water partition coefficient (Wildman–Crippen LogP) is 2.62. The number of hydrogen-bond donors (Lipinski definition) is 1. The van der Waals surface area contributed by atoms with Crippen molar-refractivity contribution in [1.82, 2.24) is 0 Å². The molecule has 0 spiro atoms. The van der Waals surface area contributed by atoms with Gasteiger partial charge < -0.3 is 15.4 Å². The number of benzene rings is 2. The summed E-state index contributed by atoms with van der Waals surface area (Å²) in [6, 6.07) is 13.1. The maximum absolute atomic E-state index is 12.7. The second-order valence-corrected chi connectivity index (χ2v) is 4.82. The molecule has 0 aliphatic carbocycles. The molecule has 0 aromatic heterocycles. The van der Waals surface area contributed by atoms with Gasteiger partial charge in [0.1, 0.15) is 6.61 Å². The minimum Gasteiger partial charge on any atom is -0.487 e. The van der Waals surface area contributed by atoms with Crippen LogP contribution in [0.3, 0.4) is 0 Å². The lowest BCUT2D eigenvalue weighted by molar-refractivity contribution is 0.0976. The number of carbonyl (C=O) groups excluding carboxylic acids is 1. The summed E-state index contributed by atoms with van der Waals surface area (Å²) >= 11 is 0. The maximum atomic E-state index is 12.7. The number of nitrogen functional groups attached to an aromatic ring is 1. The van der Waals surface area contributed by atoms with Crippen molar-refractivity contribution in [3.05, 3.63) is 53.6 Å². The zero-order valence-electron chi connectivity index (χ0n) is 11.3. The largest absolute Gasteiger partial charge is 0.487 e. The van der Waals surface area contributed by atoms with Gasteiger partial charge in [-0.25, -0.2) is 0 Å². The smallest absolute Gasteiger partial charge is 0.258 e. The Balaban J connectivity index is 2.03. The monoisotopic (exact) mass is 268 g/mol. The van der Waals surface area contributed by atoms with E-state index in [0.29, 0.717) is 30.2 Å². The minimum absolute atomic E-state index is 0.0155. The molecule has 1 aliphatic heterocycles. The SMILES string of the molecule is Cc1ccccc1C(=O)N1CCOc2c(N)cccc21. The van der Waals surface area contributed by atoms with Crippen molar-refractivity contribution in [3.63, 3.8) is 0 Å². The van der Waals surface area contributed by atoms with E-state index in [1.807, 2.05) is 43.3 Å². The average Bonchev–Trinajstić information content (AvgIpc) is 2.47. The van der Waals surface area contributed by atoms with Crippen LogP contribution in [0.4, 0.5) is 11.4 Å². The van der Waals surface area contributed by atoms with Crippen LogP contribution in [0.1, 0.15) is 15.9 Å². The number of hydrogen-bond acceptors (Lipinski definition) is 3. The third-order valence-electron chi connectivity index (χ3n) is 3.50. The lowest BCUT2D eigenvalue weighted by Crippen LogP contribution is -2.38. The Morgan fingerprint density at radius 2 is 2.00 bits per heavy atom. The van der Waals surface area contributed by atoms with Crippen molar-refractivity contribution >= 4 is 17.3 Å². The van der Waals surface area contributed by atoms with Gasteiger partial charge >= 0.3 is 0 Å². The van der Waals surface area contributed by atoms with Crippen molar-refractivity contribution in [2.75, 3.05) is 23.8 Å². The van der Waals surface area contributed by atoms with E-state index in [0.717, 1.165) is 11.3 Å². The highest BCUT2D eigenvalue weighted by Gasteiger charge is 2.26. The van der Waals surface area contributed by atoms with Gasteiger partial charge in [0.15, 0.2) is 5.75 Å². The topological polar surface area (TPSA) is 55.6 Å². The molecule has 0 fully saturated rings. The van der Waals surface area contributed by atoms with E-state index in [-0.39, 0.29) is 5.91 Å². The van der Waals surface area contributed by atoms with E-state index in [1.54, 1.807) is 11.0 Å². The van der Waals surface area contributed by atoms with Gasteiger partial charge in [-0.1, -0.05) is 24.3 Å². The quantitative estimate of drug-likeness (QED) is 0.809. The third kappa shape index (κ3) is 1.99. The van der Waals surface area contributed by atoms with Crippen LogP contribution in [0.25, 0.3) is 0 Å². The summed E-state index contributed by atoms with van der Waals surface area (Å²) < 4.78 is 5.58. The van der Waals surface area contributed by atoms with Gasteiger partial charge in [-0.15, -0.1) is 0 Å². The molecule has 0 unspecified atom stereocenters. The molecule has 1 heterocycles. The molecule has 2 N–H and O–H groups in total. The van der Waals surface area contributed by atoms with E-state index >= 15 is 0 Å². The van der Waals surface area contributed by atoms with Gasteiger partial charge in [0, 0.05) is 5.56 Å². The molecule has 1 aliphatic rings. The highest BCUT2D eigenvalue weighted by Crippen LogP contribution is 2.37. The lowest BCUT2D eigenvalue weighted by atomic mass is 10.1. The molecule has 102 valence electrons. The van der Waals surface area contributed by atoms with Crippen molar-refractivity contribution in [3.8, 4) is 5.75 Å². The molecule has 2 aromatic rings. The molecule has 0 radical (unpaired) electrons. The fraction of sp³-hybridized carbons (Fsp3) is 0.188. The standard InChI is InChI=1S/C16H16N2O2/c1-11-5-2-3-6-12(11)16(19)18-9-10-20-15-13(17)7-4-8-14(15)18/h2-8H,9-10,17H2,1H3. The molecule has 4 nitrogen and oxygen atoms in total. The predicted molar refractivity (Wildman–Crippen MR) is 79.2 cm³/mol. The van der Waals surface area contributed by atoms with Gasteiger partial charge in [0.2, 0.25) is 0 Å². The molecular formula is C16H16N2O2.